The lowest BCUT2D eigenvalue weighted by Gasteiger charge is -2.27. The average Bonchev–Trinajstić information content (AvgIpc) is 2.08. The number of thioether (sulfide) groups is 1. The molecule has 0 aliphatic carbocycles. The van der Waals surface area contributed by atoms with Gasteiger partial charge in [-0.3, -0.25) is 0 Å². The van der Waals surface area contributed by atoms with Crippen molar-refractivity contribution in [2.45, 2.75) is 13.8 Å². The second kappa shape index (κ2) is 6.68. The molecule has 0 radical (unpaired) electrons. The smallest absolute Gasteiger partial charge is 0.00721 e. The average molecular weight is 202 g/mol. The highest BCUT2D eigenvalue weighted by Crippen LogP contribution is 2.12. The first kappa shape index (κ1) is 11.3. The third-order valence-electron chi connectivity index (χ3n) is 2.67. The molecule has 1 saturated heterocycles. The first-order chi connectivity index (χ1) is 6.36. The van der Waals surface area contributed by atoms with Crippen molar-refractivity contribution in [2.75, 3.05) is 44.2 Å². The summed E-state index contributed by atoms with van der Waals surface area (Å²) in [6.07, 6.45) is 0. The quantitative estimate of drug-likeness (QED) is 0.626. The number of nitrogens with zero attached hydrogens (tertiary/aromatic N) is 1. The Kier molecular flexibility index (Phi) is 5.83. The Hall–Kier alpha value is 0.270. The van der Waals surface area contributed by atoms with Gasteiger partial charge >= 0.3 is 0 Å². The molecule has 1 heterocycles. The van der Waals surface area contributed by atoms with Crippen LogP contribution in [0, 0.1) is 5.92 Å². The monoisotopic (exact) mass is 202 g/mol. The SMILES string of the molecule is CCN(CC)CCSCC1CNC1. The third kappa shape index (κ3) is 4.34. The largest absolute Gasteiger partial charge is 0.316 e. The second-order valence-corrected chi connectivity index (χ2v) is 4.78. The molecule has 0 saturated carbocycles. The van der Waals surface area contributed by atoms with E-state index < -0.39 is 0 Å². The highest BCUT2D eigenvalue weighted by molar-refractivity contribution is 7.99. The van der Waals surface area contributed by atoms with Crippen molar-refractivity contribution in [3.63, 3.8) is 0 Å². The van der Waals surface area contributed by atoms with Crippen LogP contribution >= 0.6 is 11.8 Å². The number of hydrogen-bond donors (Lipinski definition) is 1. The van der Waals surface area contributed by atoms with E-state index in [9.17, 15) is 0 Å². The van der Waals surface area contributed by atoms with Crippen molar-refractivity contribution >= 4 is 11.8 Å². The minimum absolute atomic E-state index is 0.960. The number of rotatable bonds is 7. The summed E-state index contributed by atoms with van der Waals surface area (Å²) in [6.45, 7) is 10.6. The standard InChI is InChI=1S/C10H22N2S/c1-3-12(4-2)5-6-13-9-10-7-11-8-10/h10-11H,3-9H2,1-2H3. The third-order valence-corrected chi connectivity index (χ3v) is 3.84. The Morgan fingerprint density at radius 2 is 2.00 bits per heavy atom. The summed E-state index contributed by atoms with van der Waals surface area (Å²) in [5.74, 6) is 3.62. The second-order valence-electron chi connectivity index (χ2n) is 3.63. The normalized spacial score (nSPS) is 17.8. The van der Waals surface area contributed by atoms with E-state index >= 15 is 0 Å². The summed E-state index contributed by atoms with van der Waals surface area (Å²) in [7, 11) is 0. The van der Waals surface area contributed by atoms with E-state index in [0.29, 0.717) is 0 Å². The molecule has 0 bridgehead atoms. The maximum absolute atomic E-state index is 3.31. The zero-order valence-electron chi connectivity index (χ0n) is 8.88. The maximum Gasteiger partial charge on any atom is 0.00721 e. The summed E-state index contributed by atoms with van der Waals surface area (Å²) in [5.41, 5.74) is 0. The van der Waals surface area contributed by atoms with Gasteiger partial charge in [-0.25, -0.2) is 0 Å². The van der Waals surface area contributed by atoms with Crippen LogP contribution in [0.5, 0.6) is 0 Å². The van der Waals surface area contributed by atoms with E-state index in [-0.39, 0.29) is 0 Å². The fourth-order valence-electron chi connectivity index (χ4n) is 1.45. The Morgan fingerprint density at radius 3 is 2.46 bits per heavy atom. The van der Waals surface area contributed by atoms with Crippen LogP contribution in [-0.4, -0.2) is 49.1 Å². The van der Waals surface area contributed by atoms with Crippen molar-refractivity contribution in [3.05, 3.63) is 0 Å². The molecule has 0 atom stereocenters. The van der Waals surface area contributed by atoms with Crippen molar-refractivity contribution < 1.29 is 0 Å². The Morgan fingerprint density at radius 1 is 1.31 bits per heavy atom. The topological polar surface area (TPSA) is 15.3 Å². The van der Waals surface area contributed by atoms with Crippen LogP contribution in [0.3, 0.4) is 0 Å². The lowest BCUT2D eigenvalue weighted by atomic mass is 10.1. The minimum atomic E-state index is 0.960. The van der Waals surface area contributed by atoms with Crippen LogP contribution in [0.1, 0.15) is 13.8 Å². The van der Waals surface area contributed by atoms with Crippen molar-refractivity contribution in [3.8, 4) is 0 Å². The van der Waals surface area contributed by atoms with Gasteiger partial charge < -0.3 is 10.2 Å². The van der Waals surface area contributed by atoms with Gasteiger partial charge in [0.25, 0.3) is 0 Å². The van der Waals surface area contributed by atoms with Gasteiger partial charge in [-0.1, -0.05) is 13.8 Å². The van der Waals surface area contributed by atoms with Gasteiger partial charge in [-0.05, 0) is 37.8 Å². The van der Waals surface area contributed by atoms with Crippen LogP contribution in [0.4, 0.5) is 0 Å². The highest BCUT2D eigenvalue weighted by atomic mass is 32.2. The zero-order chi connectivity index (χ0) is 9.52. The van der Waals surface area contributed by atoms with Crippen LogP contribution in [-0.2, 0) is 0 Å². The molecule has 2 nitrogen and oxygen atoms in total. The van der Waals surface area contributed by atoms with E-state index in [1.807, 2.05) is 0 Å². The zero-order valence-corrected chi connectivity index (χ0v) is 9.70. The predicted molar refractivity (Wildman–Crippen MR) is 61.5 cm³/mol. The molecule has 0 unspecified atom stereocenters. The lowest BCUT2D eigenvalue weighted by Crippen LogP contribution is -2.43. The molecule has 1 fully saturated rings. The van der Waals surface area contributed by atoms with Crippen molar-refractivity contribution in [2.24, 2.45) is 5.92 Å². The summed E-state index contributed by atoms with van der Waals surface area (Å²) in [4.78, 5) is 2.49. The molecular weight excluding hydrogens is 180 g/mol. The summed E-state index contributed by atoms with van der Waals surface area (Å²) in [5, 5.41) is 3.31. The van der Waals surface area contributed by atoms with Gasteiger partial charge in [0.2, 0.25) is 0 Å². The van der Waals surface area contributed by atoms with E-state index in [2.05, 4.69) is 35.8 Å². The molecule has 0 spiro atoms. The van der Waals surface area contributed by atoms with Gasteiger partial charge in [-0.15, -0.1) is 0 Å². The van der Waals surface area contributed by atoms with Gasteiger partial charge in [0.1, 0.15) is 0 Å². The molecule has 0 aromatic rings. The van der Waals surface area contributed by atoms with Crippen LogP contribution in [0.15, 0.2) is 0 Å². The number of nitrogens with one attached hydrogen (secondary N) is 1. The van der Waals surface area contributed by atoms with Crippen LogP contribution < -0.4 is 5.32 Å². The van der Waals surface area contributed by atoms with Crippen LogP contribution in [0.2, 0.25) is 0 Å². The van der Waals surface area contributed by atoms with Gasteiger partial charge in [0, 0.05) is 12.3 Å². The first-order valence-electron chi connectivity index (χ1n) is 5.37. The molecular formula is C10H22N2S. The Bertz CT molecular complexity index is 122. The molecule has 3 heteroatoms. The van der Waals surface area contributed by atoms with E-state index in [4.69, 9.17) is 0 Å². The van der Waals surface area contributed by atoms with Gasteiger partial charge in [0.15, 0.2) is 0 Å². The molecule has 1 rings (SSSR count). The molecule has 0 aromatic carbocycles. The summed E-state index contributed by atoms with van der Waals surface area (Å²) in [6, 6.07) is 0. The molecule has 13 heavy (non-hydrogen) atoms. The molecule has 1 aliphatic rings. The molecule has 78 valence electrons. The fourth-order valence-corrected chi connectivity index (χ4v) is 2.57. The van der Waals surface area contributed by atoms with E-state index in [1.165, 1.54) is 44.2 Å². The van der Waals surface area contributed by atoms with E-state index in [0.717, 1.165) is 5.92 Å². The lowest BCUT2D eigenvalue weighted by molar-refractivity contribution is 0.323. The number of hydrogen-bond acceptors (Lipinski definition) is 3. The first-order valence-corrected chi connectivity index (χ1v) is 6.53. The van der Waals surface area contributed by atoms with Crippen molar-refractivity contribution in [1.29, 1.82) is 0 Å². The van der Waals surface area contributed by atoms with E-state index in [1.54, 1.807) is 0 Å². The maximum atomic E-state index is 3.31. The molecule has 1 N–H and O–H groups in total. The molecule has 1 aliphatic heterocycles. The summed E-state index contributed by atoms with van der Waals surface area (Å²) >= 11 is 2.11. The van der Waals surface area contributed by atoms with Gasteiger partial charge in [0.05, 0.1) is 0 Å². The Labute approximate surface area is 86.5 Å². The molecule has 0 aromatic heterocycles. The Balaban J connectivity index is 1.87. The fraction of sp³-hybridized carbons (Fsp3) is 1.00. The molecule has 0 amide bonds. The predicted octanol–water partition coefficient (Wildman–Crippen LogP) is 1.28. The highest BCUT2D eigenvalue weighted by Gasteiger charge is 2.15. The van der Waals surface area contributed by atoms with Crippen molar-refractivity contribution in [1.82, 2.24) is 10.2 Å². The summed E-state index contributed by atoms with van der Waals surface area (Å²) < 4.78 is 0. The minimum Gasteiger partial charge on any atom is -0.316 e. The van der Waals surface area contributed by atoms with Crippen LogP contribution in [0.25, 0.3) is 0 Å². The van der Waals surface area contributed by atoms with Gasteiger partial charge in [-0.2, -0.15) is 11.8 Å².